The standard InChI is InChI=1S/C16H17N3O3/c1-3-9-21-22-14(20)10-12-5-4-6-13-15(12)19-11(2)7-8-17-16(19)18-13/h4-8H,3,9-10H2,1-2H3. The summed E-state index contributed by atoms with van der Waals surface area (Å²) < 4.78 is 1.95. The molecule has 3 aromatic rings. The van der Waals surface area contributed by atoms with Crippen LogP contribution in [-0.4, -0.2) is 26.9 Å². The second-order valence-corrected chi connectivity index (χ2v) is 5.07. The summed E-state index contributed by atoms with van der Waals surface area (Å²) >= 11 is 0. The zero-order valence-corrected chi connectivity index (χ0v) is 12.6. The highest BCUT2D eigenvalue weighted by Crippen LogP contribution is 2.22. The summed E-state index contributed by atoms with van der Waals surface area (Å²) in [7, 11) is 0. The maximum absolute atomic E-state index is 11.9. The molecule has 0 atom stereocenters. The summed E-state index contributed by atoms with van der Waals surface area (Å²) in [5, 5.41) is 0. The van der Waals surface area contributed by atoms with Crippen LogP contribution in [0.4, 0.5) is 0 Å². The van der Waals surface area contributed by atoms with Gasteiger partial charge in [-0.1, -0.05) is 19.1 Å². The predicted octanol–water partition coefficient (Wildman–Crippen LogP) is 2.62. The fraction of sp³-hybridized carbons (Fsp3) is 0.312. The van der Waals surface area contributed by atoms with Crippen LogP contribution in [0.2, 0.25) is 0 Å². The SMILES string of the molecule is CCCOOC(=O)Cc1cccc2nc3nccc(C)n3c12. The summed E-state index contributed by atoms with van der Waals surface area (Å²) in [5.74, 6) is 0.204. The van der Waals surface area contributed by atoms with E-state index in [0.717, 1.165) is 28.7 Å². The van der Waals surface area contributed by atoms with Gasteiger partial charge in [0.25, 0.3) is 0 Å². The highest BCUT2D eigenvalue weighted by molar-refractivity contribution is 5.86. The van der Waals surface area contributed by atoms with Crippen LogP contribution in [-0.2, 0) is 21.0 Å². The van der Waals surface area contributed by atoms with Crippen molar-refractivity contribution in [3.8, 4) is 0 Å². The zero-order chi connectivity index (χ0) is 15.5. The minimum atomic E-state index is -0.419. The van der Waals surface area contributed by atoms with Crippen LogP contribution >= 0.6 is 0 Å². The normalized spacial score (nSPS) is 11.2. The van der Waals surface area contributed by atoms with Crippen molar-refractivity contribution >= 4 is 22.8 Å². The molecule has 0 radical (unpaired) electrons. The molecule has 6 nitrogen and oxygen atoms in total. The molecule has 0 spiro atoms. The van der Waals surface area contributed by atoms with Crippen LogP contribution < -0.4 is 0 Å². The van der Waals surface area contributed by atoms with Gasteiger partial charge in [0.2, 0.25) is 5.78 Å². The monoisotopic (exact) mass is 299 g/mol. The van der Waals surface area contributed by atoms with Crippen LogP contribution in [0.3, 0.4) is 0 Å². The number of fused-ring (bicyclic) bond motifs is 3. The third-order valence-electron chi connectivity index (χ3n) is 3.37. The van der Waals surface area contributed by atoms with E-state index in [9.17, 15) is 4.79 Å². The minimum absolute atomic E-state index is 0.128. The predicted molar refractivity (Wildman–Crippen MR) is 81.3 cm³/mol. The first-order valence-electron chi connectivity index (χ1n) is 7.24. The van der Waals surface area contributed by atoms with Gasteiger partial charge < -0.3 is 0 Å². The first-order valence-corrected chi connectivity index (χ1v) is 7.24. The number of hydrogen-bond acceptors (Lipinski definition) is 5. The highest BCUT2D eigenvalue weighted by Gasteiger charge is 2.14. The molecule has 0 bridgehead atoms. The van der Waals surface area contributed by atoms with Gasteiger partial charge in [0.1, 0.15) is 0 Å². The molecule has 0 saturated carbocycles. The fourth-order valence-corrected chi connectivity index (χ4v) is 2.41. The van der Waals surface area contributed by atoms with E-state index in [1.165, 1.54) is 0 Å². The lowest BCUT2D eigenvalue weighted by atomic mass is 10.1. The van der Waals surface area contributed by atoms with Crippen molar-refractivity contribution < 1.29 is 14.6 Å². The summed E-state index contributed by atoms with van der Waals surface area (Å²) in [4.78, 5) is 30.2. The van der Waals surface area contributed by atoms with Crippen LogP contribution in [0, 0.1) is 6.92 Å². The third-order valence-corrected chi connectivity index (χ3v) is 3.37. The molecule has 0 aliphatic heterocycles. The summed E-state index contributed by atoms with van der Waals surface area (Å²) in [6, 6.07) is 7.59. The molecule has 0 aliphatic rings. The molecular formula is C16H17N3O3. The Morgan fingerprint density at radius 1 is 1.32 bits per heavy atom. The zero-order valence-electron chi connectivity index (χ0n) is 12.6. The van der Waals surface area contributed by atoms with Crippen molar-refractivity contribution in [2.75, 3.05) is 6.61 Å². The van der Waals surface area contributed by atoms with Crippen LogP contribution in [0.25, 0.3) is 16.8 Å². The van der Waals surface area contributed by atoms with E-state index >= 15 is 0 Å². The number of nitrogens with zero attached hydrogens (tertiary/aromatic N) is 3. The van der Waals surface area contributed by atoms with Gasteiger partial charge in [-0.15, -0.1) is 0 Å². The summed E-state index contributed by atoms with van der Waals surface area (Å²) in [5.41, 5.74) is 3.54. The van der Waals surface area contributed by atoms with E-state index in [1.807, 2.05) is 42.5 Å². The Bertz CT molecular complexity index is 826. The van der Waals surface area contributed by atoms with Gasteiger partial charge in [0.15, 0.2) is 0 Å². The van der Waals surface area contributed by atoms with Crippen molar-refractivity contribution in [1.82, 2.24) is 14.4 Å². The van der Waals surface area contributed by atoms with Gasteiger partial charge in [0, 0.05) is 11.9 Å². The molecule has 6 heteroatoms. The number of carbonyl (C=O) groups is 1. The molecule has 1 aromatic carbocycles. The maximum atomic E-state index is 11.9. The van der Waals surface area contributed by atoms with E-state index in [0.29, 0.717) is 12.4 Å². The lowest BCUT2D eigenvalue weighted by molar-refractivity contribution is -0.271. The van der Waals surface area contributed by atoms with Crippen molar-refractivity contribution in [1.29, 1.82) is 0 Å². The largest absolute Gasteiger partial charge is 0.346 e. The number of hydrogen-bond donors (Lipinski definition) is 0. The smallest absolute Gasteiger partial charge is 0.298 e. The van der Waals surface area contributed by atoms with Crippen LogP contribution in [0.15, 0.2) is 30.5 Å². The molecule has 0 aliphatic carbocycles. The number of rotatable bonds is 5. The molecule has 2 aromatic heterocycles. The second-order valence-electron chi connectivity index (χ2n) is 5.07. The Morgan fingerprint density at radius 3 is 3.00 bits per heavy atom. The minimum Gasteiger partial charge on any atom is -0.298 e. The van der Waals surface area contributed by atoms with E-state index in [2.05, 4.69) is 9.97 Å². The maximum Gasteiger partial charge on any atom is 0.346 e. The van der Waals surface area contributed by atoms with Gasteiger partial charge in [0.05, 0.1) is 24.1 Å². The molecule has 0 saturated heterocycles. The van der Waals surface area contributed by atoms with E-state index < -0.39 is 5.97 Å². The molecule has 0 unspecified atom stereocenters. The van der Waals surface area contributed by atoms with Gasteiger partial charge >= 0.3 is 5.97 Å². The Hall–Kier alpha value is -2.47. The van der Waals surface area contributed by atoms with Crippen molar-refractivity contribution in [2.45, 2.75) is 26.7 Å². The lowest BCUT2D eigenvalue weighted by Crippen LogP contribution is -2.10. The number of aryl methyl sites for hydroxylation is 1. The number of para-hydroxylation sites is 1. The fourth-order valence-electron chi connectivity index (χ4n) is 2.41. The van der Waals surface area contributed by atoms with Gasteiger partial charge in [-0.25, -0.2) is 14.8 Å². The second kappa shape index (κ2) is 6.11. The molecular weight excluding hydrogens is 282 g/mol. The molecule has 2 heterocycles. The van der Waals surface area contributed by atoms with Crippen molar-refractivity contribution in [3.05, 3.63) is 41.7 Å². The summed E-state index contributed by atoms with van der Waals surface area (Å²) in [6.45, 7) is 4.33. The topological polar surface area (TPSA) is 65.7 Å². The quantitative estimate of drug-likeness (QED) is 0.411. The first-order chi connectivity index (χ1) is 10.7. The van der Waals surface area contributed by atoms with E-state index in [4.69, 9.17) is 9.78 Å². The number of aromatic nitrogens is 3. The average Bonchev–Trinajstić information content (AvgIpc) is 2.88. The third kappa shape index (κ3) is 2.65. The van der Waals surface area contributed by atoms with E-state index in [-0.39, 0.29) is 6.42 Å². The van der Waals surface area contributed by atoms with Gasteiger partial charge in [-0.05, 0) is 31.0 Å². The van der Waals surface area contributed by atoms with E-state index in [1.54, 1.807) is 6.20 Å². The molecule has 0 amide bonds. The first kappa shape index (κ1) is 14.5. The van der Waals surface area contributed by atoms with Gasteiger partial charge in [-0.3, -0.25) is 9.29 Å². The molecule has 3 rings (SSSR count). The van der Waals surface area contributed by atoms with Crippen molar-refractivity contribution in [3.63, 3.8) is 0 Å². The highest BCUT2D eigenvalue weighted by atomic mass is 17.2. The molecule has 114 valence electrons. The Balaban J connectivity index is 1.99. The van der Waals surface area contributed by atoms with Gasteiger partial charge in [-0.2, -0.15) is 4.89 Å². The lowest BCUT2D eigenvalue weighted by Gasteiger charge is -2.06. The average molecular weight is 299 g/mol. The summed E-state index contributed by atoms with van der Waals surface area (Å²) in [6.07, 6.45) is 2.65. The number of benzene rings is 1. The van der Waals surface area contributed by atoms with Crippen LogP contribution in [0.5, 0.6) is 0 Å². The number of carbonyl (C=O) groups excluding carboxylic acids is 1. The Kier molecular flexibility index (Phi) is 4.02. The Labute approximate surface area is 127 Å². The Morgan fingerprint density at radius 2 is 2.18 bits per heavy atom. The van der Waals surface area contributed by atoms with Crippen molar-refractivity contribution in [2.24, 2.45) is 0 Å². The van der Waals surface area contributed by atoms with Crippen LogP contribution in [0.1, 0.15) is 24.6 Å². The number of imidazole rings is 1. The molecule has 0 fully saturated rings. The molecule has 22 heavy (non-hydrogen) atoms. The molecule has 0 N–H and O–H groups in total.